The number of likely N-dealkylation sites (tertiary alicyclic amines) is 1. The monoisotopic (exact) mass is 403 g/mol. The molecule has 0 aliphatic carbocycles. The van der Waals surface area contributed by atoms with E-state index in [-0.39, 0.29) is 17.9 Å². The van der Waals surface area contributed by atoms with Crippen LogP contribution in [0.4, 0.5) is 11.5 Å². The van der Waals surface area contributed by atoms with Crippen molar-refractivity contribution in [1.82, 2.24) is 29.8 Å². The fourth-order valence-electron chi connectivity index (χ4n) is 3.82. The summed E-state index contributed by atoms with van der Waals surface area (Å²) in [6, 6.07) is 4.14. The molecular formula is C22H25N7O. The average molecular weight is 403 g/mol. The van der Waals surface area contributed by atoms with Gasteiger partial charge in [-0.15, -0.1) is 0 Å². The number of carbonyl (C=O) groups excluding carboxylic acids is 1. The van der Waals surface area contributed by atoms with Crippen LogP contribution in [0, 0.1) is 6.92 Å². The summed E-state index contributed by atoms with van der Waals surface area (Å²) in [7, 11) is 0. The highest BCUT2D eigenvalue weighted by Crippen LogP contribution is 2.31. The van der Waals surface area contributed by atoms with Crippen molar-refractivity contribution in [3.05, 3.63) is 54.6 Å². The molecule has 1 fully saturated rings. The molecule has 4 rings (SSSR count). The van der Waals surface area contributed by atoms with Crippen LogP contribution in [0.2, 0.25) is 0 Å². The van der Waals surface area contributed by atoms with Crippen molar-refractivity contribution >= 4 is 17.4 Å². The summed E-state index contributed by atoms with van der Waals surface area (Å²) in [6.45, 7) is 6.33. The Morgan fingerprint density at radius 1 is 1.07 bits per heavy atom. The van der Waals surface area contributed by atoms with E-state index in [0.29, 0.717) is 12.4 Å². The number of anilines is 2. The van der Waals surface area contributed by atoms with E-state index >= 15 is 0 Å². The van der Waals surface area contributed by atoms with Crippen molar-refractivity contribution < 1.29 is 4.79 Å². The minimum Gasteiger partial charge on any atom is -0.340 e. The highest BCUT2D eigenvalue weighted by Gasteiger charge is 2.30. The second kappa shape index (κ2) is 8.52. The third-order valence-corrected chi connectivity index (χ3v) is 5.40. The fourth-order valence-corrected chi connectivity index (χ4v) is 3.82. The molecule has 1 saturated heterocycles. The van der Waals surface area contributed by atoms with Gasteiger partial charge in [0.25, 0.3) is 0 Å². The van der Waals surface area contributed by atoms with Crippen LogP contribution in [0.25, 0.3) is 11.3 Å². The summed E-state index contributed by atoms with van der Waals surface area (Å²) in [5.74, 6) is 1.56. The first-order valence-corrected chi connectivity index (χ1v) is 10.1. The van der Waals surface area contributed by atoms with Gasteiger partial charge in [-0.1, -0.05) is 0 Å². The molecule has 0 spiro atoms. The lowest BCUT2D eigenvalue weighted by Crippen LogP contribution is -2.44. The number of rotatable bonds is 4. The molecule has 3 aromatic rings. The minimum atomic E-state index is 0.0749. The molecule has 0 aromatic carbocycles. The van der Waals surface area contributed by atoms with Crippen LogP contribution in [0.3, 0.4) is 0 Å². The van der Waals surface area contributed by atoms with Gasteiger partial charge in [0.15, 0.2) is 0 Å². The van der Waals surface area contributed by atoms with Gasteiger partial charge in [0.05, 0.1) is 17.6 Å². The molecule has 1 N–H and O–H groups in total. The summed E-state index contributed by atoms with van der Waals surface area (Å²) < 4.78 is 0. The van der Waals surface area contributed by atoms with Crippen LogP contribution >= 0.6 is 0 Å². The maximum absolute atomic E-state index is 12.1. The van der Waals surface area contributed by atoms with E-state index in [2.05, 4.69) is 27.2 Å². The molecule has 30 heavy (non-hydrogen) atoms. The van der Waals surface area contributed by atoms with Crippen LogP contribution < -0.4 is 5.32 Å². The number of piperidine rings is 1. The number of aromatic nitrogens is 5. The van der Waals surface area contributed by atoms with E-state index in [4.69, 9.17) is 9.97 Å². The second-order valence-electron chi connectivity index (χ2n) is 7.79. The third-order valence-electron chi connectivity index (χ3n) is 5.40. The first kappa shape index (κ1) is 19.9. The molecule has 3 aromatic heterocycles. The Hall–Kier alpha value is -3.42. The number of carbonyl (C=O) groups is 1. The van der Waals surface area contributed by atoms with Gasteiger partial charge >= 0.3 is 0 Å². The lowest BCUT2D eigenvalue weighted by molar-refractivity contribution is -0.132. The SMILES string of the molecule is CC(=O)N1C[C@H](c2nc(Nc3cncc(C)c3)cc(-c3cncnc3)n2)CC[C@@H]1C. The molecule has 4 heterocycles. The van der Waals surface area contributed by atoms with Gasteiger partial charge in [-0.25, -0.2) is 19.9 Å². The Morgan fingerprint density at radius 2 is 1.87 bits per heavy atom. The number of aryl methyl sites for hydroxylation is 1. The summed E-state index contributed by atoms with van der Waals surface area (Å²) in [6.07, 6.45) is 10.4. The molecule has 0 unspecified atom stereocenters. The van der Waals surface area contributed by atoms with Gasteiger partial charge in [-0.2, -0.15) is 0 Å². The highest BCUT2D eigenvalue weighted by molar-refractivity contribution is 5.73. The van der Waals surface area contributed by atoms with Crippen LogP contribution in [-0.4, -0.2) is 48.3 Å². The summed E-state index contributed by atoms with van der Waals surface area (Å²) >= 11 is 0. The Morgan fingerprint density at radius 3 is 2.60 bits per heavy atom. The van der Waals surface area contributed by atoms with Crippen molar-refractivity contribution in [1.29, 1.82) is 0 Å². The molecule has 8 heteroatoms. The van der Waals surface area contributed by atoms with Gasteiger partial charge in [0.1, 0.15) is 18.0 Å². The minimum absolute atomic E-state index is 0.0749. The molecule has 1 aliphatic heterocycles. The average Bonchev–Trinajstić information content (AvgIpc) is 2.74. The van der Waals surface area contributed by atoms with Crippen LogP contribution in [0.1, 0.15) is 44.0 Å². The van der Waals surface area contributed by atoms with Crippen LogP contribution in [-0.2, 0) is 4.79 Å². The van der Waals surface area contributed by atoms with Crippen LogP contribution in [0.15, 0.2) is 43.2 Å². The molecule has 0 radical (unpaired) electrons. The van der Waals surface area contributed by atoms with E-state index < -0.39 is 0 Å². The fraction of sp³-hybridized carbons (Fsp3) is 0.364. The summed E-state index contributed by atoms with van der Waals surface area (Å²) in [5.41, 5.74) is 3.48. The molecule has 8 nitrogen and oxygen atoms in total. The summed E-state index contributed by atoms with van der Waals surface area (Å²) in [5, 5.41) is 3.34. The van der Waals surface area contributed by atoms with Crippen molar-refractivity contribution in [3.63, 3.8) is 0 Å². The third kappa shape index (κ3) is 4.42. The normalized spacial score (nSPS) is 18.8. The first-order chi connectivity index (χ1) is 14.5. The largest absolute Gasteiger partial charge is 0.340 e. The van der Waals surface area contributed by atoms with Gasteiger partial charge in [-0.3, -0.25) is 9.78 Å². The zero-order valence-electron chi connectivity index (χ0n) is 17.4. The van der Waals surface area contributed by atoms with E-state index in [1.807, 2.05) is 30.2 Å². The van der Waals surface area contributed by atoms with Gasteiger partial charge < -0.3 is 10.2 Å². The first-order valence-electron chi connectivity index (χ1n) is 10.1. The van der Waals surface area contributed by atoms with E-state index in [9.17, 15) is 4.79 Å². The number of hydrogen-bond donors (Lipinski definition) is 1. The Labute approximate surface area is 175 Å². The maximum atomic E-state index is 12.1. The molecule has 154 valence electrons. The standard InChI is InChI=1S/C22H25N7O/c1-14-6-19(11-23-8-14)26-21-7-20(18-9-24-13-25-10-18)27-22(28-21)17-5-4-15(2)29(12-17)16(3)30/h6-11,13,15,17H,4-5,12H2,1-3H3,(H,26,27,28)/t15-,17+/m0/s1. The van der Waals surface area contributed by atoms with E-state index in [1.54, 1.807) is 25.5 Å². The number of nitrogens with zero attached hydrogens (tertiary/aromatic N) is 6. The van der Waals surface area contributed by atoms with Crippen molar-refractivity contribution in [2.75, 3.05) is 11.9 Å². The van der Waals surface area contributed by atoms with Gasteiger partial charge in [0.2, 0.25) is 5.91 Å². The molecule has 2 atom stereocenters. The second-order valence-corrected chi connectivity index (χ2v) is 7.79. The predicted octanol–water partition coefficient (Wildman–Crippen LogP) is 3.50. The molecule has 0 saturated carbocycles. The Kier molecular flexibility index (Phi) is 5.65. The number of amides is 1. The topological polar surface area (TPSA) is 96.8 Å². The zero-order chi connectivity index (χ0) is 21.1. The zero-order valence-corrected chi connectivity index (χ0v) is 17.4. The predicted molar refractivity (Wildman–Crippen MR) is 114 cm³/mol. The number of hydrogen-bond acceptors (Lipinski definition) is 7. The summed E-state index contributed by atoms with van der Waals surface area (Å²) in [4.78, 5) is 36.1. The highest BCUT2D eigenvalue weighted by atomic mass is 16.2. The molecule has 1 aliphatic rings. The Bertz CT molecular complexity index is 1040. The molecule has 1 amide bonds. The van der Waals surface area contributed by atoms with E-state index in [0.717, 1.165) is 41.2 Å². The van der Waals surface area contributed by atoms with Gasteiger partial charge in [-0.05, 0) is 38.3 Å². The number of pyridine rings is 1. The van der Waals surface area contributed by atoms with E-state index in [1.165, 1.54) is 6.33 Å². The smallest absolute Gasteiger partial charge is 0.219 e. The van der Waals surface area contributed by atoms with Gasteiger partial charge in [0, 0.05) is 55.6 Å². The number of nitrogens with one attached hydrogen (secondary N) is 1. The lowest BCUT2D eigenvalue weighted by atomic mass is 9.92. The lowest BCUT2D eigenvalue weighted by Gasteiger charge is -2.37. The molecular weight excluding hydrogens is 378 g/mol. The van der Waals surface area contributed by atoms with Crippen molar-refractivity contribution in [2.24, 2.45) is 0 Å². The molecule has 0 bridgehead atoms. The maximum Gasteiger partial charge on any atom is 0.219 e. The quantitative estimate of drug-likeness (QED) is 0.712. The van der Waals surface area contributed by atoms with Crippen LogP contribution in [0.5, 0.6) is 0 Å². The Balaban J connectivity index is 1.71. The van der Waals surface area contributed by atoms with Crippen molar-refractivity contribution in [3.8, 4) is 11.3 Å². The van der Waals surface area contributed by atoms with Crippen molar-refractivity contribution in [2.45, 2.75) is 45.6 Å².